The van der Waals surface area contributed by atoms with Crippen LogP contribution in [0.4, 0.5) is 0 Å². The summed E-state index contributed by atoms with van der Waals surface area (Å²) in [4.78, 5) is 11.1. The van der Waals surface area contributed by atoms with Crippen LogP contribution in [-0.4, -0.2) is 28.0 Å². The van der Waals surface area contributed by atoms with E-state index < -0.39 is 5.97 Å². The van der Waals surface area contributed by atoms with E-state index >= 15 is 0 Å². The van der Waals surface area contributed by atoms with Gasteiger partial charge in [-0.1, -0.05) is 5.16 Å². The molecule has 0 spiro atoms. The molecule has 84 valence electrons. The quantitative estimate of drug-likeness (QED) is 0.731. The summed E-state index contributed by atoms with van der Waals surface area (Å²) >= 11 is 0. The number of aryl methyl sites for hydroxylation is 1. The zero-order valence-corrected chi connectivity index (χ0v) is 9.01. The Bertz CT molecular complexity index is 501. The van der Waals surface area contributed by atoms with Gasteiger partial charge in [0.15, 0.2) is 11.5 Å². The lowest BCUT2D eigenvalue weighted by Crippen LogP contribution is -2.00. The maximum absolute atomic E-state index is 11.1. The second kappa shape index (κ2) is 4.18. The maximum Gasteiger partial charge on any atom is 0.360 e. The minimum atomic E-state index is -0.523. The van der Waals surface area contributed by atoms with Crippen molar-refractivity contribution in [1.82, 2.24) is 14.9 Å². The first-order valence-corrected chi connectivity index (χ1v) is 4.83. The van der Waals surface area contributed by atoms with Crippen LogP contribution in [0.1, 0.15) is 17.4 Å². The number of aromatic nitrogens is 3. The molecule has 0 bridgehead atoms. The van der Waals surface area contributed by atoms with Crippen LogP contribution in [0.2, 0.25) is 0 Å². The van der Waals surface area contributed by atoms with Crippen LogP contribution < -0.4 is 0 Å². The Balaban J connectivity index is 2.27. The van der Waals surface area contributed by atoms with Gasteiger partial charge in [0, 0.05) is 18.8 Å². The van der Waals surface area contributed by atoms with E-state index in [2.05, 4.69) is 15.0 Å². The van der Waals surface area contributed by atoms with Crippen molar-refractivity contribution in [2.45, 2.75) is 13.5 Å². The largest absolute Gasteiger partial charge is 0.464 e. The van der Waals surface area contributed by atoms with Crippen LogP contribution in [0.15, 0.2) is 22.9 Å². The van der Waals surface area contributed by atoms with E-state index in [1.54, 1.807) is 10.7 Å². The van der Waals surface area contributed by atoms with Crippen molar-refractivity contribution in [3.05, 3.63) is 24.0 Å². The Hall–Kier alpha value is -2.11. The lowest BCUT2D eigenvalue weighted by Gasteiger charge is -1.91. The first kappa shape index (κ1) is 10.4. The number of hydrogen-bond acceptors (Lipinski definition) is 5. The van der Waals surface area contributed by atoms with Crippen molar-refractivity contribution in [3.63, 3.8) is 0 Å². The molecule has 0 fully saturated rings. The normalized spacial score (nSPS) is 10.4. The summed E-state index contributed by atoms with van der Waals surface area (Å²) in [7, 11) is 1.29. The van der Waals surface area contributed by atoms with Gasteiger partial charge in [0.1, 0.15) is 5.69 Å². The third kappa shape index (κ3) is 1.81. The number of carbonyl (C=O) groups excluding carboxylic acids is 1. The fourth-order valence-electron chi connectivity index (χ4n) is 1.27. The molecule has 0 radical (unpaired) electrons. The predicted molar refractivity (Wildman–Crippen MR) is 54.7 cm³/mol. The minimum absolute atomic E-state index is 0.142. The van der Waals surface area contributed by atoms with Crippen molar-refractivity contribution >= 4 is 5.97 Å². The van der Waals surface area contributed by atoms with E-state index in [4.69, 9.17) is 4.52 Å². The highest BCUT2D eigenvalue weighted by Crippen LogP contribution is 2.18. The second-order valence-electron chi connectivity index (χ2n) is 3.12. The summed E-state index contributed by atoms with van der Waals surface area (Å²) < 4.78 is 11.3. The van der Waals surface area contributed by atoms with Crippen LogP contribution in [0.3, 0.4) is 0 Å². The van der Waals surface area contributed by atoms with Crippen LogP contribution in [0, 0.1) is 0 Å². The molecule has 0 aliphatic carbocycles. The summed E-state index contributed by atoms with van der Waals surface area (Å²) in [6.07, 6.45) is 1.83. The molecule has 2 heterocycles. The Morgan fingerprint density at radius 1 is 1.62 bits per heavy atom. The number of nitrogens with zero attached hydrogens (tertiary/aromatic N) is 3. The van der Waals surface area contributed by atoms with Crippen LogP contribution in [0.25, 0.3) is 11.5 Å². The average Bonchev–Trinajstić information content (AvgIpc) is 2.95. The van der Waals surface area contributed by atoms with Gasteiger partial charge in [-0.3, -0.25) is 4.68 Å². The predicted octanol–water partition coefficient (Wildman–Crippen LogP) is 1.34. The van der Waals surface area contributed by atoms with Gasteiger partial charge in [-0.25, -0.2) is 4.79 Å². The Morgan fingerprint density at radius 3 is 3.06 bits per heavy atom. The van der Waals surface area contributed by atoms with E-state index in [1.165, 1.54) is 13.2 Å². The number of ether oxygens (including phenoxy) is 1. The van der Waals surface area contributed by atoms with Gasteiger partial charge in [-0.05, 0) is 13.0 Å². The summed E-state index contributed by atoms with van der Waals surface area (Å²) in [5, 5.41) is 7.83. The molecule has 6 nitrogen and oxygen atoms in total. The monoisotopic (exact) mass is 221 g/mol. The van der Waals surface area contributed by atoms with Crippen molar-refractivity contribution in [2.75, 3.05) is 7.11 Å². The fraction of sp³-hybridized carbons (Fsp3) is 0.300. The van der Waals surface area contributed by atoms with Crippen molar-refractivity contribution < 1.29 is 14.1 Å². The maximum atomic E-state index is 11.1. The standard InChI is InChI=1S/C10H11N3O3/c1-3-13-5-4-7(11-13)9-6-8(12-16-9)10(14)15-2/h4-6H,3H2,1-2H3. The third-order valence-corrected chi connectivity index (χ3v) is 2.12. The van der Waals surface area contributed by atoms with Gasteiger partial charge >= 0.3 is 5.97 Å². The highest BCUT2D eigenvalue weighted by molar-refractivity contribution is 5.87. The van der Waals surface area contributed by atoms with E-state index in [-0.39, 0.29) is 5.69 Å². The highest BCUT2D eigenvalue weighted by Gasteiger charge is 2.15. The zero-order valence-electron chi connectivity index (χ0n) is 9.01. The molecule has 2 rings (SSSR count). The molecular weight excluding hydrogens is 210 g/mol. The molecule has 0 atom stereocenters. The van der Waals surface area contributed by atoms with Crippen LogP contribution >= 0.6 is 0 Å². The number of esters is 1. The van der Waals surface area contributed by atoms with Gasteiger partial charge in [0.2, 0.25) is 0 Å². The minimum Gasteiger partial charge on any atom is -0.464 e. The van der Waals surface area contributed by atoms with Crippen molar-refractivity contribution in [2.24, 2.45) is 0 Å². The number of carbonyl (C=O) groups is 1. The Labute approximate surface area is 91.8 Å². The first-order chi connectivity index (χ1) is 7.74. The highest BCUT2D eigenvalue weighted by atomic mass is 16.5. The molecule has 2 aromatic rings. The van der Waals surface area contributed by atoms with Gasteiger partial charge < -0.3 is 9.26 Å². The molecule has 0 amide bonds. The molecular formula is C10H11N3O3. The second-order valence-corrected chi connectivity index (χ2v) is 3.12. The van der Waals surface area contributed by atoms with Crippen molar-refractivity contribution in [1.29, 1.82) is 0 Å². The third-order valence-electron chi connectivity index (χ3n) is 2.12. The summed E-state index contributed by atoms with van der Waals surface area (Å²) in [6, 6.07) is 3.30. The number of methoxy groups -OCH3 is 1. The van der Waals surface area contributed by atoms with E-state index in [0.717, 1.165) is 6.54 Å². The molecule has 0 unspecified atom stereocenters. The molecule has 0 saturated heterocycles. The molecule has 2 aromatic heterocycles. The Kier molecular flexibility index (Phi) is 2.72. The lowest BCUT2D eigenvalue weighted by molar-refractivity contribution is 0.0589. The molecule has 0 aliphatic rings. The summed E-state index contributed by atoms with van der Waals surface area (Å²) in [5.41, 5.74) is 0.785. The van der Waals surface area contributed by atoms with Gasteiger partial charge in [-0.2, -0.15) is 5.10 Å². The van der Waals surface area contributed by atoms with Crippen LogP contribution in [0.5, 0.6) is 0 Å². The van der Waals surface area contributed by atoms with Gasteiger partial charge in [0.05, 0.1) is 7.11 Å². The van der Waals surface area contributed by atoms with E-state index in [9.17, 15) is 4.79 Å². The SMILES string of the molecule is CCn1ccc(-c2cc(C(=O)OC)no2)n1. The lowest BCUT2D eigenvalue weighted by atomic mass is 10.3. The van der Waals surface area contributed by atoms with Gasteiger partial charge in [-0.15, -0.1) is 0 Å². The molecule has 6 heteroatoms. The average molecular weight is 221 g/mol. The molecule has 0 saturated carbocycles. The summed E-state index contributed by atoms with van der Waals surface area (Å²) in [5.74, 6) is -0.0717. The molecule has 0 aliphatic heterocycles. The number of rotatable bonds is 3. The van der Waals surface area contributed by atoms with Gasteiger partial charge in [0.25, 0.3) is 0 Å². The van der Waals surface area contributed by atoms with Crippen LogP contribution in [-0.2, 0) is 11.3 Å². The number of hydrogen-bond donors (Lipinski definition) is 0. The smallest absolute Gasteiger partial charge is 0.360 e. The molecule has 0 N–H and O–H groups in total. The van der Waals surface area contributed by atoms with E-state index in [1.807, 2.05) is 13.1 Å². The fourth-order valence-corrected chi connectivity index (χ4v) is 1.27. The summed E-state index contributed by atoms with van der Waals surface area (Å²) in [6.45, 7) is 2.76. The van der Waals surface area contributed by atoms with Crippen molar-refractivity contribution in [3.8, 4) is 11.5 Å². The first-order valence-electron chi connectivity index (χ1n) is 4.83. The molecule has 0 aromatic carbocycles. The Morgan fingerprint density at radius 2 is 2.44 bits per heavy atom. The topological polar surface area (TPSA) is 70.2 Å². The zero-order chi connectivity index (χ0) is 11.5. The molecule has 16 heavy (non-hydrogen) atoms. The van der Waals surface area contributed by atoms with E-state index in [0.29, 0.717) is 11.5 Å².